The number of aliphatic hydroxyl groups excluding tert-OH is 1. The molecule has 1 aromatic heterocycles. The van der Waals surface area contributed by atoms with Crippen molar-refractivity contribution in [2.24, 2.45) is 0 Å². The van der Waals surface area contributed by atoms with Crippen molar-refractivity contribution in [2.45, 2.75) is 30.0 Å². The highest BCUT2D eigenvalue weighted by Gasteiger charge is 2.48. The summed E-state index contributed by atoms with van der Waals surface area (Å²) in [4.78, 5) is 27.9. The molecule has 5 rings (SSSR count). The van der Waals surface area contributed by atoms with E-state index in [2.05, 4.69) is 10.2 Å². The first kappa shape index (κ1) is 25.6. The van der Waals surface area contributed by atoms with E-state index in [1.807, 2.05) is 26.0 Å². The van der Waals surface area contributed by atoms with E-state index >= 15 is 0 Å². The van der Waals surface area contributed by atoms with Gasteiger partial charge in [-0.3, -0.25) is 14.5 Å². The van der Waals surface area contributed by atoms with Crippen LogP contribution in [0.25, 0.3) is 5.76 Å². The number of hydrogen-bond acceptors (Lipinski definition) is 8. The average molecular weight is 548 g/mol. The Labute approximate surface area is 226 Å². The molecule has 1 atom stereocenters. The predicted molar refractivity (Wildman–Crippen MR) is 145 cm³/mol. The Morgan fingerprint density at radius 1 is 1.05 bits per heavy atom. The molecule has 7 nitrogen and oxygen atoms in total. The van der Waals surface area contributed by atoms with E-state index in [9.17, 15) is 24.2 Å². The fourth-order valence-corrected chi connectivity index (χ4v) is 6.08. The zero-order valence-electron chi connectivity index (χ0n) is 20.4. The Hall–Kier alpha value is -4.02. The number of benzene rings is 3. The summed E-state index contributed by atoms with van der Waals surface area (Å²) >= 11 is 2.50. The number of hydrogen-bond donors (Lipinski definition) is 2. The van der Waals surface area contributed by atoms with Gasteiger partial charge in [-0.2, -0.15) is 0 Å². The Morgan fingerprint density at radius 2 is 1.82 bits per heavy atom. The average Bonchev–Trinajstić information content (AvgIpc) is 3.47. The molecule has 0 bridgehead atoms. The molecule has 1 aliphatic rings. The van der Waals surface area contributed by atoms with E-state index in [0.29, 0.717) is 21.2 Å². The van der Waals surface area contributed by atoms with Crippen molar-refractivity contribution in [2.75, 3.05) is 4.90 Å². The molecule has 1 saturated heterocycles. The number of aliphatic hydroxyl groups is 1. The normalized spacial score (nSPS) is 16.8. The maximum absolute atomic E-state index is 13.4. The number of nitrogens with zero attached hydrogens (tertiary/aromatic N) is 3. The first-order chi connectivity index (χ1) is 18.2. The monoisotopic (exact) mass is 547 g/mol. The fraction of sp³-hybridized carbons (Fsp3) is 0.143. The van der Waals surface area contributed by atoms with Crippen LogP contribution in [0.15, 0.2) is 76.6 Å². The number of amides is 1. The van der Waals surface area contributed by atoms with Crippen molar-refractivity contribution in [3.05, 3.63) is 106 Å². The van der Waals surface area contributed by atoms with E-state index in [-0.39, 0.29) is 28.0 Å². The number of aryl methyl sites for hydroxylation is 2. The predicted octanol–water partition coefficient (Wildman–Crippen LogP) is 5.92. The smallest absolute Gasteiger partial charge is 0.301 e. The lowest BCUT2D eigenvalue weighted by Crippen LogP contribution is -2.29. The zero-order valence-corrected chi connectivity index (χ0v) is 22.0. The van der Waals surface area contributed by atoms with Gasteiger partial charge in [0.05, 0.1) is 11.6 Å². The number of carbonyl (C=O) groups is 2. The van der Waals surface area contributed by atoms with Gasteiger partial charge < -0.3 is 10.2 Å². The van der Waals surface area contributed by atoms with Crippen LogP contribution in [0.3, 0.4) is 0 Å². The Kier molecular flexibility index (Phi) is 7.00. The highest BCUT2D eigenvalue weighted by Crippen LogP contribution is 2.44. The maximum atomic E-state index is 13.4. The van der Waals surface area contributed by atoms with Crippen LogP contribution in [0, 0.1) is 19.7 Å². The van der Waals surface area contributed by atoms with Crippen LogP contribution in [0.2, 0.25) is 0 Å². The van der Waals surface area contributed by atoms with Crippen molar-refractivity contribution < 1.29 is 24.2 Å². The molecule has 1 amide bonds. The Morgan fingerprint density at radius 3 is 2.55 bits per heavy atom. The Bertz CT molecular complexity index is 1580. The summed E-state index contributed by atoms with van der Waals surface area (Å²) in [7, 11) is 0. The molecule has 0 aliphatic carbocycles. The topological polar surface area (TPSA) is 104 Å². The van der Waals surface area contributed by atoms with Crippen LogP contribution >= 0.6 is 23.1 Å². The number of rotatable bonds is 6. The minimum atomic E-state index is -1.02. The second-order valence-electron chi connectivity index (χ2n) is 8.85. The van der Waals surface area contributed by atoms with Gasteiger partial charge in [0.15, 0.2) is 4.34 Å². The van der Waals surface area contributed by atoms with Crippen molar-refractivity contribution in [3.8, 4) is 5.75 Å². The number of aromatic nitrogens is 2. The summed E-state index contributed by atoms with van der Waals surface area (Å²) in [6.07, 6.45) is 0. The molecule has 1 fully saturated rings. The second-order valence-corrected chi connectivity index (χ2v) is 11.0. The van der Waals surface area contributed by atoms with Crippen molar-refractivity contribution >= 4 is 45.7 Å². The Balaban J connectivity index is 1.56. The summed E-state index contributed by atoms with van der Waals surface area (Å²) in [5.74, 6) is -1.86. The van der Waals surface area contributed by atoms with Crippen LogP contribution in [0.5, 0.6) is 5.75 Å². The number of ketones is 1. The lowest BCUT2D eigenvalue weighted by Gasteiger charge is -2.23. The van der Waals surface area contributed by atoms with Crippen LogP contribution in [-0.4, -0.2) is 32.1 Å². The van der Waals surface area contributed by atoms with E-state index in [4.69, 9.17) is 0 Å². The number of Topliss-reactive ketones (excluding diaryl/α,β-unsaturated/α-hetero) is 1. The number of phenolic OH excluding ortho intramolecular Hbond substituents is 1. The molecule has 2 N–H and O–H groups in total. The van der Waals surface area contributed by atoms with Gasteiger partial charge in [-0.05, 0) is 60.9 Å². The van der Waals surface area contributed by atoms with E-state index in [1.165, 1.54) is 40.9 Å². The maximum Gasteiger partial charge on any atom is 0.301 e. The fourth-order valence-electron chi connectivity index (χ4n) is 4.26. The number of thioether (sulfide) groups is 1. The molecule has 10 heteroatoms. The summed E-state index contributed by atoms with van der Waals surface area (Å²) in [5.41, 5.74) is 3.30. The minimum absolute atomic E-state index is 0.0485. The molecule has 38 heavy (non-hydrogen) atoms. The number of carbonyl (C=O) groups excluding carboxylic acids is 2. The van der Waals surface area contributed by atoms with Gasteiger partial charge in [-0.1, -0.05) is 65.1 Å². The number of aromatic hydroxyl groups is 1. The van der Waals surface area contributed by atoms with E-state index < -0.39 is 17.7 Å². The molecular weight excluding hydrogens is 525 g/mol. The number of phenols is 1. The quantitative estimate of drug-likeness (QED) is 0.102. The standard InChI is InChI=1S/C28H22FN3O4S2/c1-15-6-7-16(2)21(12-15)24(34)22-23(18-4-3-5-20(33)13-18)32(26(36)25(22)35)27-30-31-28(38-27)37-14-17-8-10-19(29)11-9-17/h3-13,23,33-34H,14H2,1-2H3. The second kappa shape index (κ2) is 10.4. The largest absolute Gasteiger partial charge is 0.508 e. The summed E-state index contributed by atoms with van der Waals surface area (Å²) in [5, 5.41) is 30.1. The van der Waals surface area contributed by atoms with Gasteiger partial charge in [0.2, 0.25) is 5.13 Å². The van der Waals surface area contributed by atoms with Gasteiger partial charge in [-0.15, -0.1) is 10.2 Å². The van der Waals surface area contributed by atoms with Gasteiger partial charge in [0.25, 0.3) is 5.78 Å². The third kappa shape index (κ3) is 4.92. The number of halogens is 1. The van der Waals surface area contributed by atoms with Crippen LogP contribution in [0.4, 0.5) is 9.52 Å². The molecule has 1 unspecified atom stereocenters. The summed E-state index contributed by atoms with van der Waals surface area (Å²) < 4.78 is 13.8. The molecule has 192 valence electrons. The van der Waals surface area contributed by atoms with Crippen molar-refractivity contribution in [3.63, 3.8) is 0 Å². The van der Waals surface area contributed by atoms with Crippen LogP contribution in [0.1, 0.15) is 33.9 Å². The summed E-state index contributed by atoms with van der Waals surface area (Å²) in [6.45, 7) is 3.68. The zero-order chi connectivity index (χ0) is 27.0. The molecule has 4 aromatic rings. The van der Waals surface area contributed by atoms with Crippen LogP contribution in [-0.2, 0) is 15.3 Å². The first-order valence-corrected chi connectivity index (χ1v) is 13.4. The highest BCUT2D eigenvalue weighted by atomic mass is 32.2. The highest BCUT2D eigenvalue weighted by molar-refractivity contribution is 8.00. The van der Waals surface area contributed by atoms with Crippen molar-refractivity contribution in [1.82, 2.24) is 10.2 Å². The molecule has 3 aromatic carbocycles. The third-order valence-corrected chi connectivity index (χ3v) is 8.28. The lowest BCUT2D eigenvalue weighted by atomic mass is 9.93. The molecule has 2 heterocycles. The van der Waals surface area contributed by atoms with E-state index in [0.717, 1.165) is 28.0 Å². The molecule has 0 radical (unpaired) electrons. The van der Waals surface area contributed by atoms with Gasteiger partial charge in [0, 0.05) is 11.3 Å². The van der Waals surface area contributed by atoms with Crippen LogP contribution < -0.4 is 4.90 Å². The number of anilines is 1. The minimum Gasteiger partial charge on any atom is -0.508 e. The first-order valence-electron chi connectivity index (χ1n) is 11.6. The van der Waals surface area contributed by atoms with Gasteiger partial charge >= 0.3 is 5.91 Å². The third-order valence-electron chi connectivity index (χ3n) is 6.16. The van der Waals surface area contributed by atoms with Crippen molar-refractivity contribution in [1.29, 1.82) is 0 Å². The summed E-state index contributed by atoms with van der Waals surface area (Å²) in [6, 6.07) is 16.8. The SMILES string of the molecule is Cc1ccc(C)c(C(O)=C2C(=O)C(=O)N(c3nnc(SCc4ccc(F)cc4)s3)C2c2cccc(O)c2)c1. The molecule has 0 spiro atoms. The molecule has 1 aliphatic heterocycles. The lowest BCUT2D eigenvalue weighted by molar-refractivity contribution is -0.132. The van der Waals surface area contributed by atoms with Gasteiger partial charge in [-0.25, -0.2) is 4.39 Å². The molecular formula is C28H22FN3O4S2. The van der Waals surface area contributed by atoms with E-state index in [1.54, 1.807) is 30.3 Å². The molecule has 0 saturated carbocycles. The van der Waals surface area contributed by atoms with Gasteiger partial charge in [0.1, 0.15) is 17.3 Å².